The highest BCUT2D eigenvalue weighted by Gasteiger charge is 2.41. The van der Waals surface area contributed by atoms with Crippen molar-refractivity contribution in [3.8, 4) is 0 Å². The van der Waals surface area contributed by atoms with Gasteiger partial charge in [-0.05, 0) is 58.8 Å². The average Bonchev–Trinajstić information content (AvgIpc) is 2.43. The number of halogens is 2. The van der Waals surface area contributed by atoms with Crippen LogP contribution < -0.4 is 11.1 Å². The van der Waals surface area contributed by atoms with Gasteiger partial charge in [0.15, 0.2) is 0 Å². The van der Waals surface area contributed by atoms with Gasteiger partial charge in [-0.3, -0.25) is 0 Å². The molecule has 0 radical (unpaired) electrons. The third-order valence-corrected chi connectivity index (χ3v) is 5.19. The average molecular weight is 343 g/mol. The largest absolute Gasteiger partial charge is 0.378 e. The maximum Gasteiger partial charge on any atom is 0.137 e. The second-order valence-corrected chi connectivity index (χ2v) is 7.06. The van der Waals surface area contributed by atoms with Gasteiger partial charge in [0.05, 0.1) is 10.0 Å². The topological polar surface area (TPSA) is 38.0 Å². The summed E-state index contributed by atoms with van der Waals surface area (Å²) in [5.74, 6) is 0.918. The van der Waals surface area contributed by atoms with Crippen LogP contribution in [0.25, 0.3) is 0 Å². The first-order valence-electron chi connectivity index (χ1n) is 7.42. The lowest BCUT2D eigenvalue weighted by molar-refractivity contribution is 0.166. The number of rotatable bonds is 4. The van der Waals surface area contributed by atoms with Crippen molar-refractivity contribution in [1.82, 2.24) is 0 Å². The van der Waals surface area contributed by atoms with E-state index in [1.54, 1.807) is 12.1 Å². The van der Waals surface area contributed by atoms with E-state index in [2.05, 4.69) is 35.1 Å². The zero-order valence-corrected chi connectivity index (χ0v) is 13.8. The minimum Gasteiger partial charge on any atom is -0.378 e. The molecule has 0 heterocycles. The van der Waals surface area contributed by atoms with E-state index >= 15 is 0 Å². The van der Waals surface area contributed by atoms with E-state index in [-0.39, 0.29) is 11.4 Å². The minimum atomic E-state index is -0.235. The lowest BCUT2D eigenvalue weighted by atomic mass is 9.67. The molecule has 1 aromatic carbocycles. The third-order valence-electron chi connectivity index (χ3n) is 4.58. The Balaban J connectivity index is 2.27. The Hall–Kier alpha value is -0.610. The molecular formula is C16H24BrFN2. The molecule has 1 fully saturated rings. The van der Waals surface area contributed by atoms with E-state index in [0.717, 1.165) is 12.1 Å². The van der Waals surface area contributed by atoms with Crippen molar-refractivity contribution in [2.45, 2.75) is 45.1 Å². The van der Waals surface area contributed by atoms with Gasteiger partial charge in [-0.15, -0.1) is 0 Å². The predicted octanol–water partition coefficient (Wildman–Crippen LogP) is 4.54. The normalized spacial score (nSPS) is 26.8. The van der Waals surface area contributed by atoms with Crippen molar-refractivity contribution in [2.24, 2.45) is 17.6 Å². The number of nitrogens with one attached hydrogen (secondary N) is 1. The van der Waals surface area contributed by atoms with Gasteiger partial charge >= 0.3 is 0 Å². The van der Waals surface area contributed by atoms with Crippen molar-refractivity contribution >= 4 is 21.6 Å². The van der Waals surface area contributed by atoms with E-state index in [9.17, 15) is 4.39 Å². The van der Waals surface area contributed by atoms with Crippen molar-refractivity contribution in [3.05, 3.63) is 28.5 Å². The Morgan fingerprint density at radius 1 is 1.45 bits per heavy atom. The van der Waals surface area contributed by atoms with Crippen LogP contribution in [-0.4, -0.2) is 12.1 Å². The highest BCUT2D eigenvalue weighted by Crippen LogP contribution is 2.40. The quantitative estimate of drug-likeness (QED) is 0.842. The van der Waals surface area contributed by atoms with E-state index in [0.29, 0.717) is 22.9 Å². The summed E-state index contributed by atoms with van der Waals surface area (Å²) in [5, 5.41) is 3.62. The summed E-state index contributed by atoms with van der Waals surface area (Å²) in [6, 6.07) is 5.09. The Labute approximate surface area is 129 Å². The van der Waals surface area contributed by atoms with Gasteiger partial charge < -0.3 is 11.1 Å². The fourth-order valence-electron chi connectivity index (χ4n) is 3.56. The molecule has 3 N–H and O–H groups in total. The molecular weight excluding hydrogens is 319 g/mol. The lowest BCUT2D eigenvalue weighted by Gasteiger charge is -2.47. The van der Waals surface area contributed by atoms with Crippen LogP contribution >= 0.6 is 15.9 Å². The molecule has 2 nitrogen and oxygen atoms in total. The molecule has 0 amide bonds. The smallest absolute Gasteiger partial charge is 0.137 e. The summed E-state index contributed by atoms with van der Waals surface area (Å²) in [6.07, 6.45) is 4.78. The van der Waals surface area contributed by atoms with Crippen molar-refractivity contribution in [1.29, 1.82) is 0 Å². The second kappa shape index (κ2) is 6.44. The van der Waals surface area contributed by atoms with Crippen LogP contribution in [0.5, 0.6) is 0 Å². The van der Waals surface area contributed by atoms with E-state index in [1.807, 2.05) is 0 Å². The summed E-state index contributed by atoms with van der Waals surface area (Å²) < 4.78 is 13.9. The van der Waals surface area contributed by atoms with Crippen molar-refractivity contribution < 1.29 is 4.39 Å². The van der Waals surface area contributed by atoms with Crippen LogP contribution in [0.1, 0.15) is 39.5 Å². The Morgan fingerprint density at radius 3 is 2.80 bits per heavy atom. The van der Waals surface area contributed by atoms with Crippen LogP contribution in [-0.2, 0) is 0 Å². The molecule has 0 aliphatic heterocycles. The summed E-state index contributed by atoms with van der Waals surface area (Å²) in [4.78, 5) is 0. The summed E-state index contributed by atoms with van der Waals surface area (Å²) in [7, 11) is 0. The van der Waals surface area contributed by atoms with Gasteiger partial charge in [-0.25, -0.2) is 4.39 Å². The van der Waals surface area contributed by atoms with E-state index < -0.39 is 0 Å². The molecule has 2 rings (SSSR count). The number of hydrogen-bond donors (Lipinski definition) is 2. The molecule has 1 aliphatic rings. The molecule has 0 bridgehead atoms. The first kappa shape index (κ1) is 15.8. The maximum absolute atomic E-state index is 13.4. The van der Waals surface area contributed by atoms with Gasteiger partial charge in [-0.2, -0.15) is 0 Å². The highest BCUT2D eigenvalue weighted by atomic mass is 79.9. The zero-order chi connectivity index (χ0) is 14.8. The van der Waals surface area contributed by atoms with Gasteiger partial charge in [0.2, 0.25) is 0 Å². The molecule has 112 valence electrons. The monoisotopic (exact) mass is 342 g/mol. The summed E-state index contributed by atoms with van der Waals surface area (Å²) in [5.41, 5.74) is 7.01. The molecule has 20 heavy (non-hydrogen) atoms. The molecule has 0 saturated heterocycles. The van der Waals surface area contributed by atoms with Gasteiger partial charge in [0, 0.05) is 12.2 Å². The minimum absolute atomic E-state index is 0.0658. The maximum atomic E-state index is 13.4. The Bertz CT molecular complexity index is 464. The number of hydrogen-bond acceptors (Lipinski definition) is 2. The van der Waals surface area contributed by atoms with Crippen LogP contribution in [0.2, 0.25) is 0 Å². The van der Waals surface area contributed by atoms with Crippen LogP contribution in [0.4, 0.5) is 10.1 Å². The molecule has 1 aliphatic carbocycles. The van der Waals surface area contributed by atoms with Crippen LogP contribution in [0.3, 0.4) is 0 Å². The Morgan fingerprint density at radius 2 is 2.20 bits per heavy atom. The van der Waals surface area contributed by atoms with E-state index in [1.165, 1.54) is 25.3 Å². The Kier molecular flexibility index (Phi) is 5.08. The van der Waals surface area contributed by atoms with Gasteiger partial charge in [0.25, 0.3) is 0 Å². The van der Waals surface area contributed by atoms with Gasteiger partial charge in [-0.1, -0.05) is 26.7 Å². The second-order valence-electron chi connectivity index (χ2n) is 6.21. The van der Waals surface area contributed by atoms with Crippen molar-refractivity contribution in [2.75, 3.05) is 11.9 Å². The molecule has 4 heteroatoms. The van der Waals surface area contributed by atoms with Gasteiger partial charge in [0.1, 0.15) is 5.82 Å². The van der Waals surface area contributed by atoms with E-state index in [4.69, 9.17) is 5.73 Å². The molecule has 1 saturated carbocycles. The molecule has 1 aromatic rings. The standard InChI is InChI=1S/C16H24BrFN2/c1-11(2)13-5-3-4-8-16(13,10-19)20-12-6-7-15(18)14(17)9-12/h6-7,9,11,13,20H,3-5,8,10,19H2,1-2H3. The fraction of sp³-hybridized carbons (Fsp3) is 0.625. The molecule has 2 atom stereocenters. The zero-order valence-electron chi connectivity index (χ0n) is 12.3. The first-order chi connectivity index (χ1) is 9.48. The number of benzene rings is 1. The lowest BCUT2D eigenvalue weighted by Crippen LogP contribution is -2.55. The molecule has 0 aromatic heterocycles. The third kappa shape index (κ3) is 3.17. The van der Waals surface area contributed by atoms with Crippen molar-refractivity contribution in [3.63, 3.8) is 0 Å². The summed E-state index contributed by atoms with van der Waals surface area (Å²) in [6.45, 7) is 5.15. The number of anilines is 1. The van der Waals surface area contributed by atoms with Crippen LogP contribution in [0.15, 0.2) is 22.7 Å². The molecule has 2 unspecified atom stereocenters. The highest BCUT2D eigenvalue weighted by molar-refractivity contribution is 9.10. The first-order valence-corrected chi connectivity index (χ1v) is 8.21. The number of nitrogens with two attached hydrogens (primary N) is 1. The fourth-order valence-corrected chi connectivity index (χ4v) is 3.94. The summed E-state index contributed by atoms with van der Waals surface area (Å²) >= 11 is 3.25. The SMILES string of the molecule is CC(C)C1CCCCC1(CN)Nc1ccc(F)c(Br)c1. The predicted molar refractivity (Wildman–Crippen MR) is 86.3 cm³/mol. The van der Waals surface area contributed by atoms with Crippen LogP contribution in [0, 0.1) is 17.7 Å². The molecule has 0 spiro atoms.